The predicted octanol–water partition coefficient (Wildman–Crippen LogP) is 6.94. The molecule has 0 aliphatic heterocycles. The Morgan fingerprint density at radius 1 is 1.11 bits per heavy atom. The molecule has 1 aliphatic rings. The number of aromatic carboxylic acids is 1. The van der Waals surface area contributed by atoms with Crippen molar-refractivity contribution in [3.05, 3.63) is 65.3 Å². The molecule has 2 aromatic carbocycles. The van der Waals surface area contributed by atoms with Crippen molar-refractivity contribution >= 4 is 40.2 Å². The van der Waals surface area contributed by atoms with Gasteiger partial charge in [0.25, 0.3) is 0 Å². The van der Waals surface area contributed by atoms with Crippen LogP contribution in [0.4, 0.5) is 5.82 Å². The van der Waals surface area contributed by atoms with Crippen LogP contribution in [0.3, 0.4) is 0 Å². The number of benzene rings is 2. The number of aromatic amines is 1. The van der Waals surface area contributed by atoms with Gasteiger partial charge in [-0.25, -0.2) is 9.48 Å². The molecule has 1 amide bonds. The van der Waals surface area contributed by atoms with Crippen molar-refractivity contribution < 1.29 is 14.7 Å². The van der Waals surface area contributed by atoms with Gasteiger partial charge in [-0.1, -0.05) is 36.7 Å². The Hall–Kier alpha value is -3.58. The first-order chi connectivity index (χ1) is 17.7. The highest BCUT2D eigenvalue weighted by Crippen LogP contribution is 2.34. The minimum atomic E-state index is -1.13. The summed E-state index contributed by atoms with van der Waals surface area (Å²) in [6.45, 7) is 5.99. The molecule has 0 saturated heterocycles. The molecule has 37 heavy (non-hydrogen) atoms. The van der Waals surface area contributed by atoms with Crippen LogP contribution < -0.4 is 4.90 Å². The second-order valence-electron chi connectivity index (χ2n) is 10.3. The van der Waals surface area contributed by atoms with Gasteiger partial charge in [-0.15, -0.1) is 5.10 Å². The van der Waals surface area contributed by atoms with Crippen LogP contribution in [0.5, 0.6) is 0 Å². The molecule has 1 saturated carbocycles. The number of rotatable bonds is 6. The maximum absolute atomic E-state index is 13.6. The van der Waals surface area contributed by atoms with Gasteiger partial charge >= 0.3 is 5.97 Å². The molecule has 4 aromatic rings. The number of H-pyrrole nitrogens is 1. The van der Waals surface area contributed by atoms with E-state index in [4.69, 9.17) is 11.6 Å². The maximum Gasteiger partial charge on any atom is 0.341 e. The summed E-state index contributed by atoms with van der Waals surface area (Å²) < 4.78 is 1.49. The zero-order chi connectivity index (χ0) is 26.3. The standard InChI is InChI=1S/C29H31ClN4O3/c1-17(2)34(28(35)19-10-8-18(3)9-11-19)27-23(29(36)37)16-33(32-27)21-12-13-22(24(30)15-21)26-14-20-6-4-5-7-25(20)31-26/h4-7,12-19,31H,8-11H2,1-3H3,(H,36,37)/t18-,19-. The fraction of sp³-hybridized carbons (Fsp3) is 0.345. The third kappa shape index (κ3) is 4.88. The quantitative estimate of drug-likeness (QED) is 0.289. The summed E-state index contributed by atoms with van der Waals surface area (Å²) in [7, 11) is 0. The van der Waals surface area contributed by atoms with Crippen LogP contribution in [0.1, 0.15) is 56.8 Å². The Labute approximate surface area is 221 Å². The van der Waals surface area contributed by atoms with Crippen LogP contribution in [0, 0.1) is 11.8 Å². The molecule has 1 aliphatic carbocycles. The third-order valence-electron chi connectivity index (χ3n) is 7.31. The first-order valence-electron chi connectivity index (χ1n) is 12.8. The Balaban J connectivity index is 1.49. The molecule has 2 aromatic heterocycles. The SMILES string of the molecule is CC(C)N(c1nn(-c2ccc(-c3cc4ccccc4[nH]3)c(Cl)c2)cc1C(=O)O)C(=O)[C@H]1CC[C@H](C)CC1. The number of carbonyl (C=O) groups is 2. The van der Waals surface area contributed by atoms with Gasteiger partial charge in [-0.2, -0.15) is 0 Å². The summed E-state index contributed by atoms with van der Waals surface area (Å²) in [6.07, 6.45) is 5.10. The smallest absolute Gasteiger partial charge is 0.341 e. The van der Waals surface area contributed by atoms with E-state index < -0.39 is 5.97 Å². The number of anilines is 1. The molecule has 2 heterocycles. The van der Waals surface area contributed by atoms with Crippen molar-refractivity contribution in [2.24, 2.45) is 11.8 Å². The van der Waals surface area contributed by atoms with Crippen LogP contribution in [0.15, 0.2) is 54.7 Å². The molecule has 0 radical (unpaired) electrons. The van der Waals surface area contributed by atoms with E-state index in [0.717, 1.165) is 47.8 Å². The van der Waals surface area contributed by atoms with Crippen molar-refractivity contribution in [3.8, 4) is 16.9 Å². The lowest BCUT2D eigenvalue weighted by Crippen LogP contribution is -2.43. The third-order valence-corrected chi connectivity index (χ3v) is 7.62. The minimum absolute atomic E-state index is 0.0120. The van der Waals surface area contributed by atoms with Crippen molar-refractivity contribution in [2.75, 3.05) is 4.90 Å². The molecule has 0 spiro atoms. The molecular formula is C29H31ClN4O3. The van der Waals surface area contributed by atoms with E-state index in [0.29, 0.717) is 16.6 Å². The monoisotopic (exact) mass is 518 g/mol. The van der Waals surface area contributed by atoms with Crippen LogP contribution in [-0.2, 0) is 4.79 Å². The van der Waals surface area contributed by atoms with E-state index in [1.54, 1.807) is 11.0 Å². The number of carboxylic acids is 1. The Morgan fingerprint density at radius 2 is 1.84 bits per heavy atom. The van der Waals surface area contributed by atoms with Gasteiger partial charge < -0.3 is 10.1 Å². The van der Waals surface area contributed by atoms with Gasteiger partial charge in [-0.05, 0) is 75.8 Å². The highest BCUT2D eigenvalue weighted by molar-refractivity contribution is 6.33. The summed E-state index contributed by atoms with van der Waals surface area (Å²) in [5.41, 5.74) is 3.34. The van der Waals surface area contributed by atoms with E-state index in [2.05, 4.69) is 17.0 Å². The fourth-order valence-corrected chi connectivity index (χ4v) is 5.49. The van der Waals surface area contributed by atoms with E-state index in [1.165, 1.54) is 10.9 Å². The number of halogens is 1. The molecule has 7 nitrogen and oxygen atoms in total. The van der Waals surface area contributed by atoms with Crippen molar-refractivity contribution in [1.82, 2.24) is 14.8 Å². The van der Waals surface area contributed by atoms with Crippen LogP contribution in [0.2, 0.25) is 5.02 Å². The molecule has 1 fully saturated rings. The van der Waals surface area contributed by atoms with E-state index in [9.17, 15) is 14.7 Å². The lowest BCUT2D eigenvalue weighted by molar-refractivity contribution is -0.124. The number of carbonyl (C=O) groups excluding carboxylic acids is 1. The minimum Gasteiger partial charge on any atom is -0.477 e. The van der Waals surface area contributed by atoms with Crippen LogP contribution >= 0.6 is 11.6 Å². The first-order valence-corrected chi connectivity index (χ1v) is 13.1. The Bertz CT molecular complexity index is 1430. The lowest BCUT2D eigenvalue weighted by Gasteiger charge is -2.32. The number of hydrogen-bond donors (Lipinski definition) is 2. The largest absolute Gasteiger partial charge is 0.477 e. The number of carboxylic acid groups (broad SMARTS) is 1. The van der Waals surface area contributed by atoms with Crippen LogP contribution in [-0.4, -0.2) is 37.8 Å². The molecule has 5 rings (SSSR count). The number of amides is 1. The summed E-state index contributed by atoms with van der Waals surface area (Å²) >= 11 is 6.69. The number of aromatic nitrogens is 3. The summed E-state index contributed by atoms with van der Waals surface area (Å²) in [5.74, 6) is -0.514. The van der Waals surface area contributed by atoms with E-state index in [-0.39, 0.29) is 29.2 Å². The van der Waals surface area contributed by atoms with E-state index >= 15 is 0 Å². The predicted molar refractivity (Wildman–Crippen MR) is 147 cm³/mol. The number of para-hydroxylation sites is 1. The second-order valence-corrected chi connectivity index (χ2v) is 10.7. The number of nitrogens with one attached hydrogen (secondary N) is 1. The highest BCUT2D eigenvalue weighted by atomic mass is 35.5. The molecule has 0 atom stereocenters. The maximum atomic E-state index is 13.6. The first kappa shape index (κ1) is 25.1. The highest BCUT2D eigenvalue weighted by Gasteiger charge is 2.34. The zero-order valence-corrected chi connectivity index (χ0v) is 22.0. The van der Waals surface area contributed by atoms with Gasteiger partial charge in [0.15, 0.2) is 5.82 Å². The van der Waals surface area contributed by atoms with Crippen LogP contribution in [0.25, 0.3) is 27.8 Å². The molecule has 8 heteroatoms. The molecular weight excluding hydrogens is 488 g/mol. The van der Waals surface area contributed by atoms with Gasteiger partial charge in [-0.3, -0.25) is 9.69 Å². The summed E-state index contributed by atoms with van der Waals surface area (Å²) in [4.78, 5) is 30.7. The normalized spacial score (nSPS) is 17.9. The Morgan fingerprint density at radius 3 is 2.49 bits per heavy atom. The fourth-order valence-electron chi connectivity index (χ4n) is 5.22. The summed E-state index contributed by atoms with van der Waals surface area (Å²) in [5, 5.41) is 16.2. The topological polar surface area (TPSA) is 91.2 Å². The zero-order valence-electron chi connectivity index (χ0n) is 21.2. The average molecular weight is 519 g/mol. The number of nitrogens with zero attached hydrogens (tertiary/aromatic N) is 3. The molecule has 0 bridgehead atoms. The molecule has 0 unspecified atom stereocenters. The van der Waals surface area contributed by atoms with Gasteiger partial charge in [0.2, 0.25) is 5.91 Å². The Kier molecular flexibility index (Phi) is 6.82. The van der Waals surface area contributed by atoms with Gasteiger partial charge in [0.05, 0.1) is 10.7 Å². The van der Waals surface area contributed by atoms with Crippen molar-refractivity contribution in [1.29, 1.82) is 0 Å². The van der Waals surface area contributed by atoms with E-state index in [1.807, 2.05) is 56.3 Å². The average Bonchev–Trinajstić information content (AvgIpc) is 3.49. The van der Waals surface area contributed by atoms with Crippen molar-refractivity contribution in [2.45, 2.75) is 52.5 Å². The summed E-state index contributed by atoms with van der Waals surface area (Å²) in [6, 6.07) is 15.3. The van der Waals surface area contributed by atoms with Gasteiger partial charge in [0.1, 0.15) is 5.56 Å². The lowest BCUT2D eigenvalue weighted by atomic mass is 9.82. The molecule has 192 valence electrons. The molecule has 2 N–H and O–H groups in total. The number of fused-ring (bicyclic) bond motifs is 1. The number of hydrogen-bond acceptors (Lipinski definition) is 3. The van der Waals surface area contributed by atoms with Gasteiger partial charge in [0, 0.05) is 40.3 Å². The van der Waals surface area contributed by atoms with Crippen molar-refractivity contribution in [3.63, 3.8) is 0 Å². The second kappa shape index (κ2) is 10.1.